The Balaban J connectivity index is 1.66. The normalized spacial score (nSPS) is 13.0. The van der Waals surface area contributed by atoms with Gasteiger partial charge in [-0.3, -0.25) is 18.7 Å². The molecular weight excluding hydrogens is 488 g/mol. The largest absolute Gasteiger partial charge is 0.497 e. The van der Waals surface area contributed by atoms with Gasteiger partial charge in [0.2, 0.25) is 0 Å². The lowest BCUT2D eigenvalue weighted by molar-refractivity contribution is -0.117. The van der Waals surface area contributed by atoms with Gasteiger partial charge in [0.05, 0.1) is 31.6 Å². The molecule has 0 aliphatic carbocycles. The van der Waals surface area contributed by atoms with Crippen LogP contribution in [0.15, 0.2) is 59.4 Å². The number of ketones is 1. The van der Waals surface area contributed by atoms with Gasteiger partial charge in [0.1, 0.15) is 17.0 Å². The van der Waals surface area contributed by atoms with Gasteiger partial charge >= 0.3 is 11.8 Å². The van der Waals surface area contributed by atoms with Crippen LogP contribution >= 0.6 is 0 Å². The summed E-state index contributed by atoms with van der Waals surface area (Å²) in [6, 6.07) is 16.0. The zero-order valence-corrected chi connectivity index (χ0v) is 22.0. The summed E-state index contributed by atoms with van der Waals surface area (Å²) in [5.41, 5.74) is 0.646. The van der Waals surface area contributed by atoms with E-state index in [9.17, 15) is 19.2 Å². The molecule has 1 aliphatic rings. The Kier molecular flexibility index (Phi) is 7.70. The van der Waals surface area contributed by atoms with E-state index >= 15 is 0 Å². The number of nitrogens with zero attached hydrogens (tertiary/aromatic N) is 3. The molecule has 38 heavy (non-hydrogen) atoms. The first-order valence-electron chi connectivity index (χ1n) is 12.4. The molecule has 1 aromatic heterocycles. The number of ether oxygens (including phenoxy) is 2. The molecule has 1 aliphatic heterocycles. The van der Waals surface area contributed by atoms with Crippen molar-refractivity contribution < 1.29 is 23.9 Å². The minimum Gasteiger partial charge on any atom is -0.497 e. The average molecular weight is 521 g/mol. The van der Waals surface area contributed by atoms with E-state index in [2.05, 4.69) is 5.32 Å². The van der Waals surface area contributed by atoms with Crippen LogP contribution in [0, 0.1) is 0 Å². The third kappa shape index (κ3) is 5.96. The van der Waals surface area contributed by atoms with Gasteiger partial charge in [0.25, 0.3) is 5.91 Å². The maximum absolute atomic E-state index is 13.5. The molecule has 0 saturated heterocycles. The maximum atomic E-state index is 13.5. The molecule has 0 saturated carbocycles. The van der Waals surface area contributed by atoms with Gasteiger partial charge in [-0.15, -0.1) is 0 Å². The monoisotopic (exact) mass is 520 g/mol. The summed E-state index contributed by atoms with van der Waals surface area (Å²) < 4.78 is 13.5. The Morgan fingerprint density at radius 1 is 0.974 bits per heavy atom. The van der Waals surface area contributed by atoms with E-state index in [1.165, 1.54) is 21.1 Å². The topological polar surface area (TPSA) is 112 Å². The quantitative estimate of drug-likeness (QED) is 0.513. The molecular formula is C28H32N4O6. The Morgan fingerprint density at radius 2 is 1.66 bits per heavy atom. The molecule has 0 radical (unpaired) electrons. The number of fused-ring (bicyclic) bond motifs is 1. The standard InChI is InChI=1S/C28H32N4O6/c1-28(2,3)38-27(36)30-14-15-31-23(18-30)24(32(26(31)35)20-10-12-22(37-4)13-11-20)25(34)29-17-21(33)16-19-8-6-5-7-9-19/h5-13H,14-18H2,1-4H3,(H,29,34). The number of benzene rings is 2. The van der Waals surface area contributed by atoms with Gasteiger partial charge in [-0.1, -0.05) is 30.3 Å². The second kappa shape index (κ2) is 11.0. The molecule has 0 fully saturated rings. The first-order valence-corrected chi connectivity index (χ1v) is 12.4. The molecule has 0 spiro atoms. The van der Waals surface area contributed by atoms with Crippen LogP contribution in [0.5, 0.6) is 5.75 Å². The lowest BCUT2D eigenvalue weighted by atomic mass is 10.1. The Hall–Kier alpha value is -4.34. The van der Waals surface area contributed by atoms with Crippen LogP contribution in [0.3, 0.4) is 0 Å². The Labute approximate surface area is 220 Å². The van der Waals surface area contributed by atoms with E-state index in [1.807, 2.05) is 30.3 Å². The summed E-state index contributed by atoms with van der Waals surface area (Å²) >= 11 is 0. The highest BCUT2D eigenvalue weighted by Crippen LogP contribution is 2.23. The van der Waals surface area contributed by atoms with Gasteiger partial charge < -0.3 is 19.7 Å². The van der Waals surface area contributed by atoms with E-state index in [-0.39, 0.29) is 44.1 Å². The van der Waals surface area contributed by atoms with Crippen LogP contribution in [-0.2, 0) is 29.0 Å². The van der Waals surface area contributed by atoms with Crippen molar-refractivity contribution in [1.29, 1.82) is 0 Å². The number of hydrogen-bond donors (Lipinski definition) is 1. The maximum Gasteiger partial charge on any atom is 0.410 e. The molecule has 2 aromatic carbocycles. The number of methoxy groups -OCH3 is 1. The summed E-state index contributed by atoms with van der Waals surface area (Å²) in [6.45, 7) is 5.58. The highest BCUT2D eigenvalue weighted by atomic mass is 16.6. The molecule has 0 unspecified atom stereocenters. The molecule has 0 bridgehead atoms. The zero-order valence-electron chi connectivity index (χ0n) is 22.0. The highest BCUT2D eigenvalue weighted by Gasteiger charge is 2.33. The average Bonchev–Trinajstić information content (AvgIpc) is 3.18. The van der Waals surface area contributed by atoms with E-state index < -0.39 is 23.3 Å². The smallest absolute Gasteiger partial charge is 0.410 e. The predicted octanol–water partition coefficient (Wildman–Crippen LogP) is 2.94. The van der Waals surface area contributed by atoms with E-state index in [0.29, 0.717) is 17.1 Å². The number of rotatable bonds is 7. The van der Waals surface area contributed by atoms with E-state index in [1.54, 1.807) is 45.0 Å². The van der Waals surface area contributed by atoms with Gasteiger partial charge in [0, 0.05) is 19.5 Å². The number of carbonyl (C=O) groups is 3. The second-order valence-electron chi connectivity index (χ2n) is 10.0. The van der Waals surface area contributed by atoms with Gasteiger partial charge in [-0.25, -0.2) is 9.59 Å². The van der Waals surface area contributed by atoms with E-state index in [4.69, 9.17) is 9.47 Å². The molecule has 1 N–H and O–H groups in total. The number of carbonyl (C=O) groups excluding carboxylic acids is 3. The van der Waals surface area contributed by atoms with Crippen molar-refractivity contribution in [3.63, 3.8) is 0 Å². The molecule has 2 heterocycles. The molecule has 3 aromatic rings. The van der Waals surface area contributed by atoms with Crippen molar-refractivity contribution in [3.8, 4) is 11.4 Å². The first-order chi connectivity index (χ1) is 18.1. The van der Waals surface area contributed by atoms with Gasteiger partial charge in [-0.2, -0.15) is 0 Å². The van der Waals surface area contributed by atoms with Gasteiger partial charge in [-0.05, 0) is 50.6 Å². The molecule has 4 rings (SSSR count). The fraction of sp³-hybridized carbons (Fsp3) is 0.357. The fourth-order valence-corrected chi connectivity index (χ4v) is 4.29. The van der Waals surface area contributed by atoms with Crippen molar-refractivity contribution >= 4 is 17.8 Å². The number of aromatic nitrogens is 2. The van der Waals surface area contributed by atoms with Crippen LogP contribution < -0.4 is 15.7 Å². The van der Waals surface area contributed by atoms with Crippen LogP contribution in [0.4, 0.5) is 4.79 Å². The molecule has 10 nitrogen and oxygen atoms in total. The first kappa shape index (κ1) is 26.7. The van der Waals surface area contributed by atoms with Crippen LogP contribution in [-0.4, -0.2) is 57.6 Å². The third-order valence-electron chi connectivity index (χ3n) is 6.07. The summed E-state index contributed by atoms with van der Waals surface area (Å²) in [4.78, 5) is 53.8. The summed E-state index contributed by atoms with van der Waals surface area (Å²) in [5.74, 6) is -0.162. The minimum atomic E-state index is -0.692. The third-order valence-corrected chi connectivity index (χ3v) is 6.07. The summed E-state index contributed by atoms with van der Waals surface area (Å²) in [5, 5.41) is 2.68. The van der Waals surface area contributed by atoms with Crippen molar-refractivity contribution in [3.05, 3.63) is 82.0 Å². The lowest BCUT2D eigenvalue weighted by Gasteiger charge is -2.30. The van der Waals surface area contributed by atoms with Crippen LogP contribution in [0.1, 0.15) is 42.5 Å². The summed E-state index contributed by atoms with van der Waals surface area (Å²) in [7, 11) is 1.54. The molecule has 200 valence electrons. The number of amides is 2. The van der Waals surface area contributed by atoms with Crippen molar-refractivity contribution in [2.75, 3.05) is 20.2 Å². The molecule has 2 amide bonds. The predicted molar refractivity (Wildman–Crippen MR) is 141 cm³/mol. The molecule has 0 atom stereocenters. The highest BCUT2D eigenvalue weighted by molar-refractivity contribution is 5.97. The van der Waals surface area contributed by atoms with Crippen molar-refractivity contribution in [2.24, 2.45) is 0 Å². The van der Waals surface area contributed by atoms with Crippen molar-refractivity contribution in [1.82, 2.24) is 19.4 Å². The Morgan fingerprint density at radius 3 is 2.29 bits per heavy atom. The van der Waals surface area contributed by atoms with E-state index in [0.717, 1.165) is 5.56 Å². The second-order valence-corrected chi connectivity index (χ2v) is 10.0. The SMILES string of the molecule is COc1ccc(-n2c(C(=O)NCC(=O)Cc3ccccc3)c3n(c2=O)CCN(C(=O)OC(C)(C)C)C3)cc1. The van der Waals surface area contributed by atoms with Crippen molar-refractivity contribution in [2.45, 2.75) is 45.9 Å². The number of imidazole rings is 1. The number of nitrogens with one attached hydrogen (secondary N) is 1. The number of Topliss-reactive ketones (excluding diaryl/α,β-unsaturated/α-hetero) is 1. The summed E-state index contributed by atoms with van der Waals surface area (Å²) in [6.07, 6.45) is -0.357. The van der Waals surface area contributed by atoms with Gasteiger partial charge in [0.15, 0.2) is 5.78 Å². The fourth-order valence-electron chi connectivity index (χ4n) is 4.29. The lowest BCUT2D eigenvalue weighted by Crippen LogP contribution is -2.43. The van der Waals surface area contributed by atoms with Crippen LogP contribution in [0.2, 0.25) is 0 Å². The zero-order chi connectivity index (χ0) is 27.4. The van der Waals surface area contributed by atoms with Crippen LogP contribution in [0.25, 0.3) is 5.69 Å². The minimum absolute atomic E-state index is 0.00796. The Bertz CT molecular complexity index is 1380. The number of hydrogen-bond acceptors (Lipinski definition) is 6. The molecule has 10 heteroatoms.